The van der Waals surface area contributed by atoms with Gasteiger partial charge in [-0.15, -0.1) is 0 Å². The van der Waals surface area contributed by atoms with Gasteiger partial charge in [0.05, 0.1) is 5.60 Å². The lowest BCUT2D eigenvalue weighted by atomic mass is 9.90. The first-order valence-corrected chi connectivity index (χ1v) is 5.88. The minimum Gasteiger partial charge on any atom is -0.390 e. The minimum absolute atomic E-state index is 0.323. The molecular weight excluding hydrogens is 192 g/mol. The maximum Gasteiger partial charge on any atom is 0.276 e. The topological polar surface area (TPSA) is 83.6 Å². The second-order valence-corrected chi connectivity index (χ2v) is 5.07. The first-order chi connectivity index (χ1) is 5.87. The normalized spacial score (nSPS) is 24.5. The fourth-order valence-corrected chi connectivity index (χ4v) is 2.20. The molecule has 0 saturated carbocycles. The Balaban J connectivity index is 2.58. The molecule has 0 radical (unpaired) electrons. The lowest BCUT2D eigenvalue weighted by Crippen LogP contribution is -2.48. The van der Waals surface area contributed by atoms with Gasteiger partial charge in [-0.25, -0.2) is 5.14 Å². The van der Waals surface area contributed by atoms with Crippen molar-refractivity contribution in [3.05, 3.63) is 0 Å². The zero-order valence-electron chi connectivity index (χ0n) is 7.73. The highest BCUT2D eigenvalue weighted by Crippen LogP contribution is 2.25. The van der Waals surface area contributed by atoms with Crippen LogP contribution in [-0.2, 0) is 10.2 Å². The Bertz CT molecular complexity index is 267. The molecular formula is C7H16N2O3S. The van der Waals surface area contributed by atoms with Gasteiger partial charge in [0, 0.05) is 13.1 Å². The van der Waals surface area contributed by atoms with Crippen molar-refractivity contribution in [2.75, 3.05) is 13.1 Å². The van der Waals surface area contributed by atoms with Gasteiger partial charge >= 0.3 is 0 Å². The van der Waals surface area contributed by atoms with Crippen LogP contribution in [0.3, 0.4) is 0 Å². The summed E-state index contributed by atoms with van der Waals surface area (Å²) in [4.78, 5) is 0. The molecule has 5 nitrogen and oxygen atoms in total. The molecule has 1 fully saturated rings. The standard InChI is InChI=1S/C7H16N2O3S/c1-2-7(10)3-5-9(6-4-7)13(8,11)12/h10H,2-6H2,1H3,(H2,8,11,12). The van der Waals surface area contributed by atoms with Gasteiger partial charge in [0.2, 0.25) is 0 Å². The summed E-state index contributed by atoms with van der Waals surface area (Å²) in [6, 6.07) is 0. The van der Waals surface area contributed by atoms with Crippen LogP contribution in [0, 0.1) is 0 Å². The molecule has 0 aromatic carbocycles. The molecule has 0 spiro atoms. The first-order valence-electron chi connectivity index (χ1n) is 4.38. The number of aliphatic hydroxyl groups is 1. The molecule has 0 amide bonds. The molecule has 78 valence electrons. The van der Waals surface area contributed by atoms with Crippen LogP contribution < -0.4 is 5.14 Å². The molecule has 1 rings (SSSR count). The van der Waals surface area contributed by atoms with Crippen molar-refractivity contribution in [3.8, 4) is 0 Å². The van der Waals surface area contributed by atoms with E-state index in [1.54, 1.807) is 0 Å². The van der Waals surface area contributed by atoms with E-state index in [1.807, 2.05) is 6.92 Å². The third-order valence-corrected chi connectivity index (χ3v) is 3.76. The van der Waals surface area contributed by atoms with Gasteiger partial charge in [-0.1, -0.05) is 6.92 Å². The molecule has 0 aromatic heterocycles. The second-order valence-electron chi connectivity index (χ2n) is 3.52. The van der Waals surface area contributed by atoms with Crippen LogP contribution in [0.2, 0.25) is 0 Å². The SMILES string of the molecule is CCC1(O)CCN(S(N)(=O)=O)CC1. The molecule has 0 aromatic rings. The largest absolute Gasteiger partial charge is 0.390 e. The van der Waals surface area contributed by atoms with Crippen LogP contribution in [-0.4, -0.2) is 36.5 Å². The van der Waals surface area contributed by atoms with Crippen molar-refractivity contribution in [1.82, 2.24) is 4.31 Å². The van der Waals surface area contributed by atoms with E-state index in [0.717, 1.165) is 0 Å². The van der Waals surface area contributed by atoms with E-state index in [4.69, 9.17) is 5.14 Å². The Morgan fingerprint density at radius 1 is 1.46 bits per heavy atom. The fraction of sp³-hybridized carbons (Fsp3) is 1.00. The van der Waals surface area contributed by atoms with E-state index < -0.39 is 15.8 Å². The van der Waals surface area contributed by atoms with Gasteiger partial charge in [0.25, 0.3) is 10.2 Å². The van der Waals surface area contributed by atoms with Crippen molar-refractivity contribution < 1.29 is 13.5 Å². The average molecular weight is 208 g/mol. The summed E-state index contributed by atoms with van der Waals surface area (Å²) in [6.07, 6.45) is 1.60. The zero-order chi connectivity index (χ0) is 10.1. The van der Waals surface area contributed by atoms with E-state index in [1.165, 1.54) is 4.31 Å². The number of hydrogen-bond donors (Lipinski definition) is 2. The summed E-state index contributed by atoms with van der Waals surface area (Å²) >= 11 is 0. The van der Waals surface area contributed by atoms with Crippen molar-refractivity contribution >= 4 is 10.2 Å². The number of nitrogens with zero attached hydrogens (tertiary/aromatic N) is 1. The van der Waals surface area contributed by atoms with Crippen molar-refractivity contribution in [2.45, 2.75) is 31.8 Å². The fourth-order valence-electron chi connectivity index (χ4n) is 1.51. The van der Waals surface area contributed by atoms with E-state index >= 15 is 0 Å². The summed E-state index contributed by atoms with van der Waals surface area (Å²) in [6.45, 7) is 2.54. The van der Waals surface area contributed by atoms with Crippen molar-refractivity contribution in [1.29, 1.82) is 0 Å². The summed E-state index contributed by atoms with van der Waals surface area (Å²) in [7, 11) is -3.56. The Morgan fingerprint density at radius 3 is 2.23 bits per heavy atom. The summed E-state index contributed by atoms with van der Waals surface area (Å²) in [5.41, 5.74) is -0.693. The predicted octanol–water partition coefficient (Wildman–Crippen LogP) is -0.573. The Morgan fingerprint density at radius 2 is 1.92 bits per heavy atom. The number of rotatable bonds is 2. The van der Waals surface area contributed by atoms with Crippen molar-refractivity contribution in [3.63, 3.8) is 0 Å². The van der Waals surface area contributed by atoms with Crippen LogP contribution in [0.25, 0.3) is 0 Å². The van der Waals surface area contributed by atoms with Gasteiger partial charge in [-0.3, -0.25) is 0 Å². The number of hydrogen-bond acceptors (Lipinski definition) is 3. The monoisotopic (exact) mass is 208 g/mol. The Kier molecular flexibility index (Phi) is 2.96. The van der Waals surface area contributed by atoms with E-state index in [9.17, 15) is 13.5 Å². The molecule has 1 aliphatic heterocycles. The third kappa shape index (κ3) is 2.63. The van der Waals surface area contributed by atoms with Gasteiger partial charge in [0.1, 0.15) is 0 Å². The van der Waals surface area contributed by atoms with Gasteiger partial charge < -0.3 is 5.11 Å². The summed E-state index contributed by atoms with van der Waals surface area (Å²) in [5, 5.41) is 14.8. The number of piperidine rings is 1. The highest BCUT2D eigenvalue weighted by molar-refractivity contribution is 7.86. The molecule has 0 bridgehead atoms. The molecule has 13 heavy (non-hydrogen) atoms. The molecule has 0 aliphatic carbocycles. The Hall–Kier alpha value is -0.170. The summed E-state index contributed by atoms with van der Waals surface area (Å²) in [5.74, 6) is 0. The van der Waals surface area contributed by atoms with E-state index in [2.05, 4.69) is 0 Å². The maximum atomic E-state index is 10.9. The van der Waals surface area contributed by atoms with Crippen molar-refractivity contribution in [2.24, 2.45) is 5.14 Å². The lowest BCUT2D eigenvalue weighted by molar-refractivity contribution is -0.00800. The van der Waals surface area contributed by atoms with Crippen LogP contribution >= 0.6 is 0 Å². The smallest absolute Gasteiger partial charge is 0.276 e. The maximum absolute atomic E-state index is 10.9. The van der Waals surface area contributed by atoms with Crippen LogP contribution in [0.4, 0.5) is 0 Å². The Labute approximate surface area is 78.7 Å². The van der Waals surface area contributed by atoms with Gasteiger partial charge in [0.15, 0.2) is 0 Å². The molecule has 3 N–H and O–H groups in total. The zero-order valence-corrected chi connectivity index (χ0v) is 8.55. The third-order valence-electron chi connectivity index (χ3n) is 2.67. The first kappa shape index (κ1) is 10.9. The molecule has 1 heterocycles. The van der Waals surface area contributed by atoms with Crippen LogP contribution in [0.15, 0.2) is 0 Å². The highest BCUT2D eigenvalue weighted by atomic mass is 32.2. The lowest BCUT2D eigenvalue weighted by Gasteiger charge is -2.35. The summed E-state index contributed by atoms with van der Waals surface area (Å²) < 4.78 is 23.0. The van der Waals surface area contributed by atoms with Gasteiger partial charge in [-0.2, -0.15) is 12.7 Å². The van der Waals surface area contributed by atoms with Crippen LogP contribution in [0.1, 0.15) is 26.2 Å². The molecule has 0 atom stereocenters. The minimum atomic E-state index is -3.56. The molecule has 6 heteroatoms. The van der Waals surface area contributed by atoms with Gasteiger partial charge in [-0.05, 0) is 19.3 Å². The molecule has 1 aliphatic rings. The predicted molar refractivity (Wildman–Crippen MR) is 49.2 cm³/mol. The van der Waals surface area contributed by atoms with E-state index in [0.29, 0.717) is 32.4 Å². The van der Waals surface area contributed by atoms with E-state index in [-0.39, 0.29) is 0 Å². The van der Waals surface area contributed by atoms with Crippen LogP contribution in [0.5, 0.6) is 0 Å². The molecule has 0 unspecified atom stereocenters. The number of nitrogens with two attached hydrogens (primary N) is 1. The quantitative estimate of drug-likeness (QED) is 0.637. The second kappa shape index (κ2) is 3.53. The average Bonchev–Trinajstić information content (AvgIpc) is 2.04. The highest BCUT2D eigenvalue weighted by Gasteiger charge is 2.33. The molecule has 1 saturated heterocycles.